The number of methoxy groups -OCH3 is 1. The van der Waals surface area contributed by atoms with Crippen LogP contribution in [-0.2, 0) is 14.8 Å². The number of sulfonamides is 1. The zero-order valence-electron chi connectivity index (χ0n) is 11.2. The molecule has 9 heteroatoms. The number of halogens is 1. The molecule has 7 nitrogen and oxygen atoms in total. The van der Waals surface area contributed by atoms with Crippen LogP contribution >= 0.6 is 0 Å². The number of H-pyrrole nitrogens is 1. The van der Waals surface area contributed by atoms with Crippen LogP contribution in [0.25, 0.3) is 0 Å². The largest absolute Gasteiger partial charge is 0.465 e. The van der Waals surface area contributed by atoms with E-state index < -0.39 is 21.8 Å². The van der Waals surface area contributed by atoms with Gasteiger partial charge < -0.3 is 4.74 Å². The van der Waals surface area contributed by atoms with Crippen molar-refractivity contribution in [2.45, 2.75) is 11.8 Å². The van der Waals surface area contributed by atoms with Crippen LogP contribution in [0.5, 0.6) is 0 Å². The molecule has 1 aromatic carbocycles. The molecule has 0 fully saturated rings. The number of aryl methyl sites for hydroxylation is 1. The average molecular weight is 313 g/mol. The summed E-state index contributed by atoms with van der Waals surface area (Å²) in [7, 11) is -2.84. The van der Waals surface area contributed by atoms with Crippen molar-refractivity contribution in [2.24, 2.45) is 0 Å². The van der Waals surface area contributed by atoms with E-state index in [1.54, 1.807) is 0 Å². The summed E-state index contributed by atoms with van der Waals surface area (Å²) in [6.07, 6.45) is 1.11. The maximum Gasteiger partial charge on any atom is 0.337 e. The van der Waals surface area contributed by atoms with Crippen molar-refractivity contribution in [1.29, 1.82) is 0 Å². The Morgan fingerprint density at radius 2 is 2.14 bits per heavy atom. The van der Waals surface area contributed by atoms with Gasteiger partial charge in [-0.2, -0.15) is 5.10 Å². The number of esters is 1. The van der Waals surface area contributed by atoms with E-state index in [0.29, 0.717) is 5.69 Å². The molecule has 0 aliphatic rings. The van der Waals surface area contributed by atoms with E-state index in [2.05, 4.69) is 19.7 Å². The smallest absolute Gasteiger partial charge is 0.337 e. The van der Waals surface area contributed by atoms with Gasteiger partial charge >= 0.3 is 5.97 Å². The van der Waals surface area contributed by atoms with Gasteiger partial charge in [0.05, 0.1) is 30.3 Å². The second-order valence-electron chi connectivity index (χ2n) is 4.15. The lowest BCUT2D eigenvalue weighted by Gasteiger charge is -2.09. The number of nitrogens with one attached hydrogen (secondary N) is 2. The van der Waals surface area contributed by atoms with Crippen LogP contribution < -0.4 is 4.72 Å². The van der Waals surface area contributed by atoms with Crippen molar-refractivity contribution in [3.63, 3.8) is 0 Å². The Balaban J connectivity index is 2.40. The minimum absolute atomic E-state index is 0.0283. The quantitative estimate of drug-likeness (QED) is 0.832. The molecule has 0 saturated carbocycles. The van der Waals surface area contributed by atoms with Gasteiger partial charge in [-0.15, -0.1) is 0 Å². The van der Waals surface area contributed by atoms with E-state index in [1.165, 1.54) is 20.1 Å². The summed E-state index contributed by atoms with van der Waals surface area (Å²) >= 11 is 0. The molecule has 0 spiro atoms. The Morgan fingerprint density at radius 3 is 2.71 bits per heavy atom. The van der Waals surface area contributed by atoms with Gasteiger partial charge in [-0.05, 0) is 25.1 Å². The highest BCUT2D eigenvalue weighted by Gasteiger charge is 2.21. The molecular formula is C12H12FN3O4S. The van der Waals surface area contributed by atoms with E-state index in [-0.39, 0.29) is 16.1 Å². The number of carbonyl (C=O) groups excluding carboxylic acids is 1. The van der Waals surface area contributed by atoms with Crippen molar-refractivity contribution in [1.82, 2.24) is 10.2 Å². The van der Waals surface area contributed by atoms with E-state index in [4.69, 9.17) is 0 Å². The maximum atomic E-state index is 13.7. The fraction of sp³-hybridized carbons (Fsp3) is 0.167. The molecule has 0 radical (unpaired) electrons. The Bertz CT molecular complexity index is 786. The third kappa shape index (κ3) is 3.02. The Hall–Kier alpha value is -2.42. The zero-order valence-corrected chi connectivity index (χ0v) is 12.0. The first kappa shape index (κ1) is 15.0. The molecule has 2 N–H and O–H groups in total. The third-order valence-corrected chi connectivity index (χ3v) is 4.18. The van der Waals surface area contributed by atoms with Crippen LogP contribution in [0.15, 0.2) is 29.3 Å². The van der Waals surface area contributed by atoms with Crippen molar-refractivity contribution in [3.05, 3.63) is 41.5 Å². The molecule has 0 atom stereocenters. The van der Waals surface area contributed by atoms with Gasteiger partial charge in [-0.1, -0.05) is 0 Å². The molecule has 0 aliphatic heterocycles. The summed E-state index contributed by atoms with van der Waals surface area (Å²) in [5, 5.41) is 6.08. The number of rotatable bonds is 4. The molecule has 2 rings (SSSR count). The standard InChI is InChI=1S/C12H12FN3O4S/c1-7-11(6-14-15-7)21(18,19)16-10-5-8(12(17)20-2)3-4-9(10)13/h3-6,16H,1-2H3,(H,14,15). The number of ether oxygens (including phenoxy) is 1. The van der Waals surface area contributed by atoms with E-state index in [1.807, 2.05) is 0 Å². The molecule has 0 amide bonds. The molecule has 0 unspecified atom stereocenters. The Morgan fingerprint density at radius 1 is 1.43 bits per heavy atom. The second-order valence-corrected chi connectivity index (χ2v) is 5.80. The van der Waals surface area contributed by atoms with E-state index in [9.17, 15) is 17.6 Å². The van der Waals surface area contributed by atoms with Gasteiger partial charge in [0.15, 0.2) is 0 Å². The third-order valence-electron chi connectivity index (χ3n) is 2.70. The first-order valence-corrected chi connectivity index (χ1v) is 7.24. The van der Waals surface area contributed by atoms with Crippen molar-refractivity contribution < 1.29 is 22.3 Å². The van der Waals surface area contributed by atoms with Crippen LogP contribution in [-0.4, -0.2) is 31.7 Å². The molecule has 2 aromatic rings. The van der Waals surface area contributed by atoms with E-state index >= 15 is 0 Å². The monoisotopic (exact) mass is 313 g/mol. The molecule has 21 heavy (non-hydrogen) atoms. The predicted octanol–water partition coefficient (Wildman–Crippen LogP) is 1.44. The summed E-state index contributed by atoms with van der Waals surface area (Å²) < 4.78 is 44.5. The SMILES string of the molecule is COC(=O)c1ccc(F)c(NS(=O)(=O)c2cn[nH]c2C)c1. The minimum atomic E-state index is -4.01. The van der Waals surface area contributed by atoms with Gasteiger partial charge in [-0.25, -0.2) is 17.6 Å². The lowest BCUT2D eigenvalue weighted by Crippen LogP contribution is -2.15. The summed E-state index contributed by atoms with van der Waals surface area (Å²) in [6.45, 7) is 1.52. The van der Waals surface area contributed by atoms with Gasteiger partial charge in [0.25, 0.3) is 10.0 Å². The number of aromatic amines is 1. The number of nitrogens with zero attached hydrogens (tertiary/aromatic N) is 1. The topological polar surface area (TPSA) is 101 Å². The zero-order chi connectivity index (χ0) is 15.6. The molecule has 1 heterocycles. The van der Waals surface area contributed by atoms with Crippen LogP contribution in [0.3, 0.4) is 0 Å². The van der Waals surface area contributed by atoms with Crippen LogP contribution in [0, 0.1) is 12.7 Å². The molecule has 0 aliphatic carbocycles. The molecule has 112 valence electrons. The summed E-state index contributed by atoms with van der Waals surface area (Å²) in [6, 6.07) is 3.24. The number of hydrogen-bond acceptors (Lipinski definition) is 5. The van der Waals surface area contributed by atoms with Crippen LogP contribution in [0.2, 0.25) is 0 Å². The fourth-order valence-corrected chi connectivity index (χ4v) is 2.85. The predicted molar refractivity (Wildman–Crippen MR) is 71.9 cm³/mol. The number of carbonyl (C=O) groups is 1. The summed E-state index contributed by atoms with van der Waals surface area (Å²) in [5.41, 5.74) is -0.00829. The van der Waals surface area contributed by atoms with Gasteiger partial charge in [0.1, 0.15) is 10.7 Å². The normalized spacial score (nSPS) is 11.2. The van der Waals surface area contributed by atoms with E-state index in [0.717, 1.165) is 18.3 Å². The lowest BCUT2D eigenvalue weighted by atomic mass is 10.2. The maximum absolute atomic E-state index is 13.7. The number of hydrogen-bond donors (Lipinski definition) is 2. The molecule has 0 saturated heterocycles. The van der Waals surface area contributed by atoms with Crippen molar-refractivity contribution in [2.75, 3.05) is 11.8 Å². The highest BCUT2D eigenvalue weighted by atomic mass is 32.2. The Labute approximate surface area is 120 Å². The van der Waals surface area contributed by atoms with Crippen molar-refractivity contribution >= 4 is 21.7 Å². The first-order chi connectivity index (χ1) is 9.85. The van der Waals surface area contributed by atoms with Crippen LogP contribution in [0.1, 0.15) is 16.1 Å². The average Bonchev–Trinajstić information content (AvgIpc) is 2.87. The van der Waals surface area contributed by atoms with Gasteiger partial charge in [0.2, 0.25) is 0 Å². The van der Waals surface area contributed by atoms with Crippen molar-refractivity contribution in [3.8, 4) is 0 Å². The number of aromatic nitrogens is 2. The molecule has 1 aromatic heterocycles. The minimum Gasteiger partial charge on any atom is -0.465 e. The summed E-state index contributed by atoms with van der Waals surface area (Å²) in [5.74, 6) is -1.51. The lowest BCUT2D eigenvalue weighted by molar-refractivity contribution is 0.0600. The molecule has 0 bridgehead atoms. The van der Waals surface area contributed by atoms with Crippen LogP contribution in [0.4, 0.5) is 10.1 Å². The summed E-state index contributed by atoms with van der Waals surface area (Å²) in [4.78, 5) is 11.3. The second kappa shape index (κ2) is 5.52. The molecular weight excluding hydrogens is 301 g/mol. The number of benzene rings is 1. The highest BCUT2D eigenvalue weighted by molar-refractivity contribution is 7.92. The highest BCUT2D eigenvalue weighted by Crippen LogP contribution is 2.21. The first-order valence-electron chi connectivity index (χ1n) is 5.76. The van der Waals surface area contributed by atoms with Gasteiger partial charge in [0, 0.05) is 0 Å². The number of anilines is 1. The van der Waals surface area contributed by atoms with Gasteiger partial charge in [-0.3, -0.25) is 9.82 Å². The Kier molecular flexibility index (Phi) is 3.94. The fourth-order valence-electron chi connectivity index (χ4n) is 1.66.